The number of ether oxygens (including phenoxy) is 1. The average Bonchev–Trinajstić information content (AvgIpc) is 2.91. The molecular formula is C31H37ClN2O3. The van der Waals surface area contributed by atoms with Crippen molar-refractivity contribution in [1.82, 2.24) is 10.2 Å². The van der Waals surface area contributed by atoms with Gasteiger partial charge in [-0.05, 0) is 41.2 Å². The fraction of sp³-hybridized carbons (Fsp3) is 0.355. The molecule has 0 heterocycles. The molecule has 6 heteroatoms. The number of para-hydroxylation sites is 1. The SMILES string of the molecule is CCCCNC(=O)[C@@H](Cc1ccccc1)N(Cc1ccccc1Cl)C(=O)COc1ccccc1C(C)C. The van der Waals surface area contributed by atoms with Crippen molar-refractivity contribution in [2.75, 3.05) is 13.2 Å². The molecule has 1 atom stereocenters. The number of hydrogen-bond donors (Lipinski definition) is 1. The van der Waals surface area contributed by atoms with E-state index < -0.39 is 6.04 Å². The van der Waals surface area contributed by atoms with Gasteiger partial charge >= 0.3 is 0 Å². The molecule has 3 rings (SSSR count). The minimum absolute atomic E-state index is 0.179. The molecule has 0 aliphatic carbocycles. The Morgan fingerprint density at radius 3 is 2.32 bits per heavy atom. The first-order valence-electron chi connectivity index (χ1n) is 13.0. The van der Waals surface area contributed by atoms with Crippen LogP contribution >= 0.6 is 11.6 Å². The Morgan fingerprint density at radius 2 is 1.62 bits per heavy atom. The standard InChI is InChI=1S/C31H37ClN2O3/c1-4-5-19-33-31(36)28(20-24-13-7-6-8-14-24)34(21-25-15-9-11-17-27(25)32)30(35)22-37-29-18-12-10-16-26(29)23(2)3/h6-18,23,28H,4-5,19-22H2,1-3H3,(H,33,36)/t28-/m1/s1. The minimum Gasteiger partial charge on any atom is -0.483 e. The summed E-state index contributed by atoms with van der Waals surface area (Å²) in [6.07, 6.45) is 2.23. The number of rotatable bonds is 13. The summed E-state index contributed by atoms with van der Waals surface area (Å²) in [4.78, 5) is 28.8. The maximum absolute atomic E-state index is 13.8. The maximum atomic E-state index is 13.8. The van der Waals surface area contributed by atoms with Gasteiger partial charge in [-0.3, -0.25) is 9.59 Å². The van der Waals surface area contributed by atoms with E-state index in [2.05, 4.69) is 26.1 Å². The Kier molecular flexibility index (Phi) is 11.0. The summed E-state index contributed by atoms with van der Waals surface area (Å²) in [5.74, 6) is 0.474. The molecule has 196 valence electrons. The van der Waals surface area contributed by atoms with Crippen molar-refractivity contribution in [3.8, 4) is 5.75 Å². The van der Waals surface area contributed by atoms with Gasteiger partial charge in [0.15, 0.2) is 6.61 Å². The first-order chi connectivity index (χ1) is 17.9. The van der Waals surface area contributed by atoms with Gasteiger partial charge in [-0.2, -0.15) is 0 Å². The van der Waals surface area contributed by atoms with Crippen LogP contribution in [-0.4, -0.2) is 35.9 Å². The molecule has 0 fully saturated rings. The quantitative estimate of drug-likeness (QED) is 0.265. The van der Waals surface area contributed by atoms with Gasteiger partial charge < -0.3 is 15.0 Å². The lowest BCUT2D eigenvalue weighted by molar-refractivity contribution is -0.142. The van der Waals surface area contributed by atoms with E-state index in [1.54, 1.807) is 11.0 Å². The van der Waals surface area contributed by atoms with Crippen LogP contribution in [0.1, 0.15) is 56.2 Å². The third-order valence-electron chi connectivity index (χ3n) is 6.29. The third kappa shape index (κ3) is 8.36. The summed E-state index contributed by atoms with van der Waals surface area (Å²) in [5.41, 5.74) is 2.78. The number of hydrogen-bond acceptors (Lipinski definition) is 3. The lowest BCUT2D eigenvalue weighted by Gasteiger charge is -2.32. The Balaban J connectivity index is 1.92. The third-order valence-corrected chi connectivity index (χ3v) is 6.66. The largest absolute Gasteiger partial charge is 0.483 e. The van der Waals surface area contributed by atoms with Crippen molar-refractivity contribution in [2.45, 2.75) is 58.5 Å². The molecule has 1 N–H and O–H groups in total. The van der Waals surface area contributed by atoms with Crippen LogP contribution < -0.4 is 10.1 Å². The topological polar surface area (TPSA) is 58.6 Å². The highest BCUT2D eigenvalue weighted by atomic mass is 35.5. The van der Waals surface area contributed by atoms with Gasteiger partial charge in [-0.25, -0.2) is 0 Å². The number of carbonyl (C=O) groups is 2. The van der Waals surface area contributed by atoms with E-state index in [9.17, 15) is 9.59 Å². The van der Waals surface area contributed by atoms with Crippen LogP contribution in [0, 0.1) is 0 Å². The Bertz CT molecular complexity index is 1150. The summed E-state index contributed by atoms with van der Waals surface area (Å²) in [6, 6.07) is 24.2. The molecule has 0 radical (unpaired) electrons. The van der Waals surface area contributed by atoms with Crippen LogP contribution in [0.4, 0.5) is 0 Å². The van der Waals surface area contributed by atoms with Crippen LogP contribution in [0.15, 0.2) is 78.9 Å². The fourth-order valence-electron chi connectivity index (χ4n) is 4.18. The summed E-state index contributed by atoms with van der Waals surface area (Å²) in [7, 11) is 0. The van der Waals surface area contributed by atoms with E-state index in [1.165, 1.54) is 0 Å². The van der Waals surface area contributed by atoms with Crippen LogP contribution in [0.3, 0.4) is 0 Å². The molecule has 37 heavy (non-hydrogen) atoms. The molecule has 3 aromatic rings. The predicted octanol–water partition coefficient (Wildman–Crippen LogP) is 6.40. The molecule has 0 saturated heterocycles. The van der Waals surface area contributed by atoms with Crippen LogP contribution in [0.2, 0.25) is 5.02 Å². The first kappa shape index (κ1) is 28.3. The second-order valence-corrected chi connectivity index (χ2v) is 9.85. The molecule has 3 aromatic carbocycles. The Morgan fingerprint density at radius 1 is 0.946 bits per heavy atom. The second kappa shape index (κ2) is 14.4. The summed E-state index contributed by atoms with van der Waals surface area (Å²) >= 11 is 6.48. The van der Waals surface area contributed by atoms with Crippen molar-refractivity contribution in [3.63, 3.8) is 0 Å². The number of carbonyl (C=O) groups excluding carboxylic acids is 2. The van der Waals surface area contributed by atoms with Crippen molar-refractivity contribution >= 4 is 23.4 Å². The van der Waals surface area contributed by atoms with Crippen molar-refractivity contribution in [2.24, 2.45) is 0 Å². The van der Waals surface area contributed by atoms with Gasteiger partial charge in [0.25, 0.3) is 5.91 Å². The number of amides is 2. The molecule has 0 saturated carbocycles. The maximum Gasteiger partial charge on any atom is 0.261 e. The van der Waals surface area contributed by atoms with E-state index in [4.69, 9.17) is 16.3 Å². The fourth-order valence-corrected chi connectivity index (χ4v) is 4.38. The number of unbranched alkanes of at least 4 members (excludes halogenated alkanes) is 1. The number of nitrogens with one attached hydrogen (secondary N) is 1. The van der Waals surface area contributed by atoms with Gasteiger partial charge in [-0.15, -0.1) is 0 Å². The predicted molar refractivity (Wildman–Crippen MR) is 150 cm³/mol. The molecule has 2 amide bonds. The van der Waals surface area contributed by atoms with Gasteiger partial charge in [0.2, 0.25) is 5.91 Å². The molecule has 0 unspecified atom stereocenters. The summed E-state index contributed by atoms with van der Waals surface area (Å²) in [5, 5.41) is 3.58. The average molecular weight is 521 g/mol. The number of benzene rings is 3. The van der Waals surface area contributed by atoms with E-state index in [1.807, 2.05) is 72.8 Å². The molecule has 0 spiro atoms. The van der Waals surface area contributed by atoms with E-state index in [0.717, 1.165) is 29.5 Å². The van der Waals surface area contributed by atoms with Crippen molar-refractivity contribution in [1.29, 1.82) is 0 Å². The highest BCUT2D eigenvalue weighted by molar-refractivity contribution is 6.31. The second-order valence-electron chi connectivity index (χ2n) is 9.44. The lowest BCUT2D eigenvalue weighted by Crippen LogP contribution is -2.51. The Labute approximate surface area is 225 Å². The van der Waals surface area contributed by atoms with E-state index in [-0.39, 0.29) is 30.9 Å². The molecule has 5 nitrogen and oxygen atoms in total. The monoisotopic (exact) mass is 520 g/mol. The zero-order chi connectivity index (χ0) is 26.6. The van der Waals surface area contributed by atoms with Gasteiger partial charge in [0.05, 0.1) is 0 Å². The minimum atomic E-state index is -0.716. The van der Waals surface area contributed by atoms with Crippen molar-refractivity contribution < 1.29 is 14.3 Å². The van der Waals surface area contributed by atoms with E-state index in [0.29, 0.717) is 23.7 Å². The number of nitrogens with zero attached hydrogens (tertiary/aromatic N) is 1. The van der Waals surface area contributed by atoms with Crippen LogP contribution in [0.5, 0.6) is 5.75 Å². The first-order valence-corrected chi connectivity index (χ1v) is 13.3. The summed E-state index contributed by atoms with van der Waals surface area (Å²) in [6.45, 7) is 6.84. The molecule has 0 bridgehead atoms. The normalized spacial score (nSPS) is 11.7. The summed E-state index contributed by atoms with van der Waals surface area (Å²) < 4.78 is 6.03. The van der Waals surface area contributed by atoms with Gasteiger partial charge in [-0.1, -0.05) is 106 Å². The molecule has 0 aromatic heterocycles. The van der Waals surface area contributed by atoms with Gasteiger partial charge in [0.1, 0.15) is 11.8 Å². The Hall–Kier alpha value is -3.31. The van der Waals surface area contributed by atoms with E-state index >= 15 is 0 Å². The van der Waals surface area contributed by atoms with Crippen LogP contribution in [0.25, 0.3) is 0 Å². The number of halogens is 1. The van der Waals surface area contributed by atoms with Crippen molar-refractivity contribution in [3.05, 3.63) is 101 Å². The molecular weight excluding hydrogens is 484 g/mol. The smallest absolute Gasteiger partial charge is 0.261 e. The zero-order valence-corrected chi connectivity index (χ0v) is 22.7. The zero-order valence-electron chi connectivity index (χ0n) is 22.0. The highest BCUT2D eigenvalue weighted by Gasteiger charge is 2.31. The highest BCUT2D eigenvalue weighted by Crippen LogP contribution is 2.26. The van der Waals surface area contributed by atoms with Crippen LogP contribution in [-0.2, 0) is 22.6 Å². The lowest BCUT2D eigenvalue weighted by atomic mass is 10.0. The van der Waals surface area contributed by atoms with Gasteiger partial charge in [0, 0.05) is 24.5 Å². The molecule has 0 aliphatic heterocycles. The molecule has 0 aliphatic rings.